The van der Waals surface area contributed by atoms with E-state index in [0.717, 1.165) is 12.1 Å². The van der Waals surface area contributed by atoms with Crippen LogP contribution in [0.15, 0.2) is 34.5 Å². The Hall–Kier alpha value is -2.42. The lowest BCUT2D eigenvalue weighted by Gasteiger charge is -2.22. The number of likely N-dealkylation sites (tertiary alicyclic amines) is 1. The van der Waals surface area contributed by atoms with Gasteiger partial charge in [0, 0.05) is 19.5 Å². The van der Waals surface area contributed by atoms with Crippen LogP contribution in [0.1, 0.15) is 30.1 Å². The molecule has 1 saturated heterocycles. The number of carbonyl (C=O) groups is 1. The highest BCUT2D eigenvalue weighted by Crippen LogP contribution is 2.49. The second-order valence-corrected chi connectivity index (χ2v) is 7.57. The molecule has 2 atom stereocenters. The summed E-state index contributed by atoms with van der Waals surface area (Å²) in [7, 11) is 0. The molecule has 1 unspecified atom stereocenters. The number of hydrogen-bond donors (Lipinski definition) is 2. The largest absolute Gasteiger partial charge is 0.490 e. The molecule has 0 bridgehead atoms. The predicted octanol–water partition coefficient (Wildman–Crippen LogP) is 4.81. The van der Waals surface area contributed by atoms with Crippen LogP contribution in [0.4, 0.5) is 39.5 Å². The van der Waals surface area contributed by atoms with Gasteiger partial charge in [-0.2, -0.15) is 39.5 Å². The summed E-state index contributed by atoms with van der Waals surface area (Å²) in [5.74, 6) is -3.00. The zero-order valence-electron chi connectivity index (χ0n) is 16.5. The summed E-state index contributed by atoms with van der Waals surface area (Å²) in [6.07, 6.45) is -14.7. The number of aliphatic hydroxyl groups is 1. The molecule has 0 aromatic heterocycles. The lowest BCUT2D eigenvalue weighted by atomic mass is 9.96. The number of carboxylic acids is 1. The molecule has 0 saturated carbocycles. The van der Waals surface area contributed by atoms with E-state index in [0.29, 0.717) is 25.1 Å². The molecule has 1 aromatic rings. The van der Waals surface area contributed by atoms with Crippen molar-refractivity contribution in [3.8, 4) is 0 Å². The Balaban J connectivity index is 0.000000479. The summed E-state index contributed by atoms with van der Waals surface area (Å²) in [5.41, 5.74) is -2.73. The highest BCUT2D eigenvalue weighted by atomic mass is 19.4. The van der Waals surface area contributed by atoms with E-state index in [1.165, 1.54) is 12.1 Å². The number of halogens is 9. The van der Waals surface area contributed by atoms with Crippen molar-refractivity contribution < 1.29 is 54.5 Å². The van der Waals surface area contributed by atoms with Crippen LogP contribution >= 0.6 is 0 Å². The van der Waals surface area contributed by atoms with E-state index in [2.05, 4.69) is 10.2 Å². The van der Waals surface area contributed by atoms with E-state index in [1.54, 1.807) is 4.90 Å². The Morgan fingerprint density at radius 1 is 1.06 bits per heavy atom. The number of hydrogen-bond acceptors (Lipinski definition) is 5. The van der Waals surface area contributed by atoms with Crippen molar-refractivity contribution in [2.75, 3.05) is 19.6 Å². The van der Waals surface area contributed by atoms with E-state index in [1.807, 2.05) is 0 Å². The molecule has 2 heterocycles. The number of benzene rings is 1. The minimum absolute atomic E-state index is 0.148. The maximum atomic E-state index is 12.9. The van der Waals surface area contributed by atoms with Crippen molar-refractivity contribution in [2.24, 2.45) is 16.1 Å². The number of nitrogens with zero attached hydrogens (tertiary/aromatic N) is 3. The lowest BCUT2D eigenvalue weighted by Crippen LogP contribution is -2.35. The van der Waals surface area contributed by atoms with Crippen LogP contribution in [0, 0.1) is 5.92 Å². The van der Waals surface area contributed by atoms with Crippen LogP contribution in [0.3, 0.4) is 0 Å². The van der Waals surface area contributed by atoms with Crippen molar-refractivity contribution in [1.82, 2.24) is 4.90 Å². The Kier molecular flexibility index (Phi) is 7.68. The number of rotatable bonds is 5. The standard InChI is InChI=1S/C16H17F6N3O.C2HF3O2/c17-15(18,19)12-3-1-11(2-4-12)13(26)9-25-6-5-10(8-25)7-14(23-24-14)16(20,21)22;3-2(4,5)1(6)7/h1-4,10,13,26H,5-9H2;(H,6,7)/t10?,13-;/m1./s1. The first-order valence-corrected chi connectivity index (χ1v) is 9.33. The number of aliphatic carboxylic acids is 1. The summed E-state index contributed by atoms with van der Waals surface area (Å²) >= 11 is 0. The minimum Gasteiger partial charge on any atom is -0.475 e. The van der Waals surface area contributed by atoms with Gasteiger partial charge in [-0.05, 0) is 36.6 Å². The quantitative estimate of drug-likeness (QED) is 0.575. The number of aliphatic hydroxyl groups excluding tert-OH is 1. The molecule has 2 aliphatic rings. The fourth-order valence-corrected chi connectivity index (χ4v) is 3.26. The molecule has 33 heavy (non-hydrogen) atoms. The highest BCUT2D eigenvalue weighted by Gasteiger charge is 2.64. The summed E-state index contributed by atoms with van der Waals surface area (Å²) in [5, 5.41) is 23.7. The van der Waals surface area contributed by atoms with E-state index in [-0.39, 0.29) is 18.9 Å². The van der Waals surface area contributed by atoms with Gasteiger partial charge in [0.25, 0.3) is 5.66 Å². The van der Waals surface area contributed by atoms with Crippen molar-refractivity contribution >= 4 is 5.97 Å². The van der Waals surface area contributed by atoms with Crippen LogP contribution in [0.2, 0.25) is 0 Å². The molecule has 2 aliphatic heterocycles. The topological polar surface area (TPSA) is 85.5 Å². The minimum atomic E-state index is -5.08. The zero-order valence-corrected chi connectivity index (χ0v) is 16.5. The van der Waals surface area contributed by atoms with Gasteiger partial charge in [0.2, 0.25) is 0 Å². The van der Waals surface area contributed by atoms with Gasteiger partial charge in [0.15, 0.2) is 0 Å². The summed E-state index contributed by atoms with van der Waals surface area (Å²) in [6, 6.07) is 4.21. The maximum Gasteiger partial charge on any atom is 0.490 e. The molecule has 186 valence electrons. The second kappa shape index (κ2) is 9.44. The molecule has 3 rings (SSSR count). The fraction of sp³-hybridized carbons (Fsp3) is 0.611. The number of carboxylic acid groups (broad SMARTS) is 1. The smallest absolute Gasteiger partial charge is 0.475 e. The fourth-order valence-electron chi connectivity index (χ4n) is 3.26. The second-order valence-electron chi connectivity index (χ2n) is 7.57. The summed E-state index contributed by atoms with van der Waals surface area (Å²) in [4.78, 5) is 10.7. The molecule has 15 heteroatoms. The maximum absolute atomic E-state index is 12.9. The molecular weight excluding hydrogens is 477 g/mol. The number of alkyl halides is 9. The van der Waals surface area contributed by atoms with Gasteiger partial charge in [0.05, 0.1) is 11.7 Å². The Morgan fingerprint density at radius 2 is 1.58 bits per heavy atom. The first-order chi connectivity index (χ1) is 14.9. The molecule has 1 fully saturated rings. The van der Waals surface area contributed by atoms with Crippen LogP contribution in [-0.4, -0.2) is 58.7 Å². The van der Waals surface area contributed by atoms with E-state index < -0.39 is 41.8 Å². The van der Waals surface area contributed by atoms with Gasteiger partial charge in [-0.25, -0.2) is 4.79 Å². The van der Waals surface area contributed by atoms with Gasteiger partial charge >= 0.3 is 24.5 Å². The monoisotopic (exact) mass is 495 g/mol. The third kappa shape index (κ3) is 7.28. The van der Waals surface area contributed by atoms with Crippen LogP contribution in [0.25, 0.3) is 0 Å². The molecule has 0 amide bonds. The average Bonchev–Trinajstić information content (AvgIpc) is 3.34. The molecule has 2 N–H and O–H groups in total. The molecule has 1 aromatic carbocycles. The molecule has 0 radical (unpaired) electrons. The number of β-amino-alcohol motifs (C(OH)–C–C–N with tert-alkyl or cyclic N) is 1. The van der Waals surface area contributed by atoms with Gasteiger partial charge < -0.3 is 15.1 Å². The Morgan fingerprint density at radius 3 is 1.97 bits per heavy atom. The average molecular weight is 495 g/mol. The molecule has 6 nitrogen and oxygen atoms in total. The highest BCUT2D eigenvalue weighted by molar-refractivity contribution is 5.73. The third-order valence-corrected chi connectivity index (χ3v) is 5.04. The van der Waals surface area contributed by atoms with Gasteiger partial charge in [0.1, 0.15) is 0 Å². The Bertz CT molecular complexity index is 845. The summed E-state index contributed by atoms with van der Waals surface area (Å²) < 4.78 is 108. The lowest BCUT2D eigenvalue weighted by molar-refractivity contribution is -0.192. The van der Waals surface area contributed by atoms with E-state index in [4.69, 9.17) is 9.90 Å². The van der Waals surface area contributed by atoms with Crippen molar-refractivity contribution in [1.29, 1.82) is 0 Å². The van der Waals surface area contributed by atoms with E-state index >= 15 is 0 Å². The van der Waals surface area contributed by atoms with Crippen molar-refractivity contribution in [3.63, 3.8) is 0 Å². The first-order valence-electron chi connectivity index (χ1n) is 9.33. The Labute approximate surface area is 180 Å². The SMILES string of the molecule is O=C(O)C(F)(F)F.O[C@H](CN1CCC(CC2(C(F)(F)F)N=N2)C1)c1ccc(C(F)(F)F)cc1. The van der Waals surface area contributed by atoms with Gasteiger partial charge in [-0.3, -0.25) is 0 Å². The third-order valence-electron chi connectivity index (χ3n) is 5.04. The molecule has 0 aliphatic carbocycles. The van der Waals surface area contributed by atoms with Crippen LogP contribution in [-0.2, 0) is 11.0 Å². The van der Waals surface area contributed by atoms with Gasteiger partial charge in [-0.1, -0.05) is 12.1 Å². The van der Waals surface area contributed by atoms with Crippen LogP contribution in [0.5, 0.6) is 0 Å². The molecular formula is C18H18F9N3O3. The first kappa shape index (κ1) is 26.8. The normalized spacial score (nSPS) is 21.3. The molecule has 0 spiro atoms. The van der Waals surface area contributed by atoms with Gasteiger partial charge in [-0.15, -0.1) is 10.2 Å². The van der Waals surface area contributed by atoms with E-state index in [9.17, 15) is 44.6 Å². The zero-order chi connectivity index (χ0) is 25.2. The summed E-state index contributed by atoms with van der Waals surface area (Å²) in [6.45, 7) is 1.02. The van der Waals surface area contributed by atoms with Crippen molar-refractivity contribution in [3.05, 3.63) is 35.4 Å². The predicted molar refractivity (Wildman–Crippen MR) is 92.9 cm³/mol. The van der Waals surface area contributed by atoms with Crippen molar-refractivity contribution in [2.45, 2.75) is 43.1 Å². The van der Waals surface area contributed by atoms with Crippen LogP contribution < -0.4 is 0 Å².